The molecule has 0 bridgehead atoms. The van der Waals surface area contributed by atoms with E-state index < -0.39 is 11.7 Å². The Balaban J connectivity index is 1.49. The minimum Gasteiger partial charge on any atom is -0.472 e. The molecule has 138 valence electrons. The standard InChI is InChI=1S/C18H14F3N5O/c19-18(20,21)12-4-5-16(23-10-12)27-13-6-8-25(11-13)17-14(9-22)26-7-2-1-3-15(26)24-17/h1-5,7,10,13H,6,8,11H2. The van der Waals surface area contributed by atoms with Crippen LogP contribution in [0.5, 0.6) is 5.88 Å². The third-order valence-corrected chi connectivity index (χ3v) is 4.41. The topological polar surface area (TPSA) is 66.5 Å². The zero-order valence-electron chi connectivity index (χ0n) is 14.0. The number of fused-ring (bicyclic) bond motifs is 1. The summed E-state index contributed by atoms with van der Waals surface area (Å²) in [5.74, 6) is 0.723. The largest absolute Gasteiger partial charge is 0.472 e. The van der Waals surface area contributed by atoms with Gasteiger partial charge in [-0.15, -0.1) is 0 Å². The van der Waals surface area contributed by atoms with Crippen molar-refractivity contribution in [1.29, 1.82) is 5.26 Å². The molecule has 3 aromatic rings. The van der Waals surface area contributed by atoms with Crippen LogP contribution < -0.4 is 9.64 Å². The van der Waals surface area contributed by atoms with Gasteiger partial charge in [0.2, 0.25) is 5.88 Å². The Morgan fingerprint density at radius 2 is 2.07 bits per heavy atom. The van der Waals surface area contributed by atoms with Gasteiger partial charge in [-0.3, -0.25) is 4.40 Å². The molecular weight excluding hydrogens is 359 g/mol. The third-order valence-electron chi connectivity index (χ3n) is 4.41. The Morgan fingerprint density at radius 1 is 1.22 bits per heavy atom. The van der Waals surface area contributed by atoms with Gasteiger partial charge < -0.3 is 9.64 Å². The van der Waals surface area contributed by atoms with Gasteiger partial charge in [0.05, 0.1) is 12.1 Å². The van der Waals surface area contributed by atoms with E-state index in [-0.39, 0.29) is 12.0 Å². The highest BCUT2D eigenvalue weighted by Crippen LogP contribution is 2.30. The van der Waals surface area contributed by atoms with E-state index in [9.17, 15) is 18.4 Å². The summed E-state index contributed by atoms with van der Waals surface area (Å²) in [4.78, 5) is 10.2. The van der Waals surface area contributed by atoms with Crippen molar-refractivity contribution in [2.24, 2.45) is 0 Å². The second-order valence-corrected chi connectivity index (χ2v) is 6.18. The van der Waals surface area contributed by atoms with Crippen molar-refractivity contribution in [3.8, 4) is 11.9 Å². The Hall–Kier alpha value is -3.28. The summed E-state index contributed by atoms with van der Waals surface area (Å²) in [5.41, 5.74) is 0.308. The maximum atomic E-state index is 12.6. The lowest BCUT2D eigenvalue weighted by Gasteiger charge is -2.16. The van der Waals surface area contributed by atoms with Crippen LogP contribution in [0.3, 0.4) is 0 Å². The molecular formula is C18H14F3N5O. The summed E-state index contributed by atoms with van der Waals surface area (Å²) in [6.45, 7) is 1.10. The highest BCUT2D eigenvalue weighted by Gasteiger charge is 2.32. The summed E-state index contributed by atoms with van der Waals surface area (Å²) >= 11 is 0. The van der Waals surface area contributed by atoms with Crippen molar-refractivity contribution in [2.45, 2.75) is 18.7 Å². The minimum absolute atomic E-state index is 0.144. The first kappa shape index (κ1) is 17.1. The lowest BCUT2D eigenvalue weighted by molar-refractivity contribution is -0.137. The monoisotopic (exact) mass is 373 g/mol. The van der Waals surface area contributed by atoms with Crippen molar-refractivity contribution in [2.75, 3.05) is 18.0 Å². The molecule has 1 atom stereocenters. The quantitative estimate of drug-likeness (QED) is 0.705. The van der Waals surface area contributed by atoms with E-state index in [0.717, 1.165) is 12.3 Å². The van der Waals surface area contributed by atoms with Crippen molar-refractivity contribution in [3.05, 3.63) is 54.0 Å². The van der Waals surface area contributed by atoms with Crippen LogP contribution >= 0.6 is 0 Å². The van der Waals surface area contributed by atoms with Crippen molar-refractivity contribution < 1.29 is 17.9 Å². The first-order valence-corrected chi connectivity index (χ1v) is 8.28. The van der Waals surface area contributed by atoms with Gasteiger partial charge in [0.15, 0.2) is 11.5 Å². The van der Waals surface area contributed by atoms with Crippen LogP contribution in [0, 0.1) is 11.3 Å². The fraction of sp³-hybridized carbons (Fsp3) is 0.278. The van der Waals surface area contributed by atoms with Crippen LogP contribution in [0.15, 0.2) is 42.7 Å². The molecule has 4 rings (SSSR count). The summed E-state index contributed by atoms with van der Waals surface area (Å²) in [7, 11) is 0. The lowest BCUT2D eigenvalue weighted by Crippen LogP contribution is -2.25. The highest BCUT2D eigenvalue weighted by molar-refractivity contribution is 5.60. The normalized spacial score (nSPS) is 17.3. The molecule has 0 radical (unpaired) electrons. The van der Waals surface area contributed by atoms with Gasteiger partial charge >= 0.3 is 6.18 Å². The molecule has 1 saturated heterocycles. The fourth-order valence-electron chi connectivity index (χ4n) is 3.11. The first-order chi connectivity index (χ1) is 13.0. The maximum Gasteiger partial charge on any atom is 0.417 e. The SMILES string of the molecule is N#Cc1c(N2CCC(Oc3ccc(C(F)(F)F)cn3)C2)nc2ccccn12. The minimum atomic E-state index is -4.42. The second kappa shape index (κ2) is 6.46. The number of hydrogen-bond acceptors (Lipinski definition) is 5. The molecule has 0 N–H and O–H groups in total. The average Bonchev–Trinajstić information content (AvgIpc) is 3.25. The summed E-state index contributed by atoms with van der Waals surface area (Å²) in [6, 6.07) is 9.84. The van der Waals surface area contributed by atoms with Crippen LogP contribution in [0.25, 0.3) is 5.65 Å². The van der Waals surface area contributed by atoms with Crippen LogP contribution in [0.2, 0.25) is 0 Å². The van der Waals surface area contributed by atoms with Crippen LogP contribution in [-0.4, -0.2) is 33.6 Å². The van der Waals surface area contributed by atoms with E-state index in [2.05, 4.69) is 16.0 Å². The Morgan fingerprint density at radius 3 is 2.78 bits per heavy atom. The lowest BCUT2D eigenvalue weighted by atomic mass is 10.3. The van der Waals surface area contributed by atoms with Crippen LogP contribution in [-0.2, 0) is 6.18 Å². The highest BCUT2D eigenvalue weighted by atomic mass is 19.4. The summed E-state index contributed by atoms with van der Waals surface area (Å²) < 4.78 is 45.2. The van der Waals surface area contributed by atoms with Gasteiger partial charge in [0.25, 0.3) is 0 Å². The first-order valence-electron chi connectivity index (χ1n) is 8.28. The molecule has 9 heteroatoms. The van der Waals surface area contributed by atoms with Crippen LogP contribution in [0.1, 0.15) is 17.7 Å². The molecule has 6 nitrogen and oxygen atoms in total. The van der Waals surface area contributed by atoms with E-state index in [1.54, 1.807) is 10.6 Å². The molecule has 4 heterocycles. The molecule has 0 amide bonds. The summed E-state index contributed by atoms with van der Waals surface area (Å²) in [6.07, 6.45) is -1.47. The van der Waals surface area contributed by atoms with E-state index in [4.69, 9.17) is 4.74 Å². The van der Waals surface area contributed by atoms with E-state index in [0.29, 0.717) is 36.7 Å². The van der Waals surface area contributed by atoms with Gasteiger partial charge in [-0.25, -0.2) is 9.97 Å². The third kappa shape index (κ3) is 3.26. The molecule has 3 aromatic heterocycles. The second-order valence-electron chi connectivity index (χ2n) is 6.18. The Bertz CT molecular complexity index is 1010. The van der Waals surface area contributed by atoms with Crippen molar-refractivity contribution in [3.63, 3.8) is 0 Å². The average molecular weight is 373 g/mol. The number of halogens is 3. The zero-order chi connectivity index (χ0) is 19.0. The molecule has 1 unspecified atom stereocenters. The van der Waals surface area contributed by atoms with Crippen molar-refractivity contribution >= 4 is 11.5 Å². The molecule has 1 fully saturated rings. The van der Waals surface area contributed by atoms with Gasteiger partial charge in [-0.05, 0) is 18.2 Å². The number of aromatic nitrogens is 3. The number of anilines is 1. The number of imidazole rings is 1. The fourth-order valence-corrected chi connectivity index (χ4v) is 3.11. The number of alkyl halides is 3. The number of hydrogen-bond donors (Lipinski definition) is 0. The Labute approximate surface area is 152 Å². The molecule has 1 aliphatic heterocycles. The number of nitrogens with zero attached hydrogens (tertiary/aromatic N) is 5. The number of nitriles is 1. The zero-order valence-corrected chi connectivity index (χ0v) is 14.0. The van der Waals surface area contributed by atoms with Gasteiger partial charge in [0.1, 0.15) is 17.8 Å². The van der Waals surface area contributed by atoms with E-state index in [1.807, 2.05) is 23.1 Å². The predicted molar refractivity (Wildman–Crippen MR) is 90.4 cm³/mol. The molecule has 27 heavy (non-hydrogen) atoms. The van der Waals surface area contributed by atoms with Gasteiger partial charge in [-0.2, -0.15) is 18.4 Å². The molecule has 0 saturated carbocycles. The van der Waals surface area contributed by atoms with Gasteiger partial charge in [-0.1, -0.05) is 6.07 Å². The number of pyridine rings is 2. The van der Waals surface area contributed by atoms with Gasteiger partial charge in [0, 0.05) is 31.4 Å². The van der Waals surface area contributed by atoms with Crippen molar-refractivity contribution in [1.82, 2.24) is 14.4 Å². The number of ether oxygens (including phenoxy) is 1. The number of rotatable bonds is 3. The molecule has 0 aliphatic carbocycles. The molecule has 0 spiro atoms. The van der Waals surface area contributed by atoms with E-state index >= 15 is 0 Å². The predicted octanol–water partition coefficient (Wildman–Crippen LogP) is 3.28. The smallest absolute Gasteiger partial charge is 0.417 e. The van der Waals surface area contributed by atoms with E-state index in [1.165, 1.54) is 6.07 Å². The molecule has 1 aliphatic rings. The maximum absolute atomic E-state index is 12.6. The Kier molecular flexibility index (Phi) is 4.11. The summed E-state index contributed by atoms with van der Waals surface area (Å²) in [5, 5.41) is 9.49. The molecule has 0 aromatic carbocycles. The van der Waals surface area contributed by atoms with Crippen LogP contribution in [0.4, 0.5) is 19.0 Å².